The molecule has 0 saturated carbocycles. The van der Waals surface area contributed by atoms with Crippen molar-refractivity contribution in [3.05, 3.63) is 177 Å². The summed E-state index contributed by atoms with van der Waals surface area (Å²) in [7, 11) is 3.00. The number of aryl methyl sites for hydroxylation is 2. The molecule has 5 atom stereocenters. The Bertz CT molecular complexity index is 2570. The zero-order valence-electron chi connectivity index (χ0n) is 43.9. The molecular formula is C57H74BCl2N9O5. The van der Waals surface area contributed by atoms with Crippen molar-refractivity contribution >= 4 is 30.3 Å². The van der Waals surface area contributed by atoms with Crippen LogP contribution < -0.4 is 20.0 Å². The molecule has 3 N–H and O–H groups in total. The summed E-state index contributed by atoms with van der Waals surface area (Å²) in [5.74, 6) is 1.69. The van der Waals surface area contributed by atoms with E-state index in [0.29, 0.717) is 41.9 Å². The second-order valence-electron chi connectivity index (χ2n) is 19.2. The Labute approximate surface area is 449 Å². The highest BCUT2D eigenvalue weighted by molar-refractivity contribution is 6.45. The fraction of sp³-hybridized carbons (Fsp3) is 0.439. The lowest BCUT2D eigenvalue weighted by molar-refractivity contribution is 0.0335. The van der Waals surface area contributed by atoms with Gasteiger partial charge in [-0.25, -0.2) is 0 Å². The van der Waals surface area contributed by atoms with Crippen molar-refractivity contribution in [1.29, 1.82) is 0 Å². The van der Waals surface area contributed by atoms with Crippen molar-refractivity contribution in [2.45, 2.75) is 90.3 Å². The van der Waals surface area contributed by atoms with Gasteiger partial charge in [0, 0.05) is 161 Å². The lowest BCUT2D eigenvalue weighted by atomic mass is 9.86. The highest BCUT2D eigenvalue weighted by Gasteiger charge is 2.38. The van der Waals surface area contributed by atoms with Crippen LogP contribution >= 0.6 is 23.2 Å². The molecule has 0 bridgehead atoms. The van der Waals surface area contributed by atoms with Crippen molar-refractivity contribution in [3.8, 4) is 11.5 Å². The van der Waals surface area contributed by atoms with E-state index >= 15 is 0 Å². The maximum atomic E-state index is 9.85. The van der Waals surface area contributed by atoms with Crippen LogP contribution in [0, 0.1) is 13.8 Å². The molecule has 14 nitrogen and oxygen atoms in total. The molecule has 4 aliphatic rings. The number of aromatic nitrogens is 4. The van der Waals surface area contributed by atoms with Crippen LogP contribution in [-0.2, 0) is 22.7 Å². The molecule has 2 fully saturated rings. The van der Waals surface area contributed by atoms with Crippen molar-refractivity contribution in [2.75, 3.05) is 73.2 Å². The number of piperazine rings is 2. The van der Waals surface area contributed by atoms with Gasteiger partial charge in [0.2, 0.25) is 0 Å². The second kappa shape index (κ2) is 29.3. The minimum Gasteiger partial charge on any atom is -0.488 e. The van der Waals surface area contributed by atoms with Crippen LogP contribution in [0.15, 0.2) is 122 Å². The summed E-state index contributed by atoms with van der Waals surface area (Å²) in [5.41, 5.74) is 9.07. The van der Waals surface area contributed by atoms with E-state index in [1.54, 1.807) is 33.4 Å². The summed E-state index contributed by atoms with van der Waals surface area (Å²) in [6, 6.07) is 29.0. The first-order valence-corrected chi connectivity index (χ1v) is 26.6. The summed E-state index contributed by atoms with van der Waals surface area (Å²) in [6.45, 7) is 17.0. The summed E-state index contributed by atoms with van der Waals surface area (Å²) in [4.78, 5) is 24.9. The van der Waals surface area contributed by atoms with Crippen LogP contribution in [0.4, 0.5) is 0 Å². The summed E-state index contributed by atoms with van der Waals surface area (Å²) in [6.07, 6.45) is 13.9. The molecule has 4 aliphatic heterocycles. The Hall–Kier alpha value is -5.04. The third kappa shape index (κ3) is 16.2. The summed E-state index contributed by atoms with van der Waals surface area (Å²) >= 11 is 12.5. The number of pyridine rings is 4. The van der Waals surface area contributed by atoms with Crippen LogP contribution in [0.1, 0.15) is 83.0 Å². The summed E-state index contributed by atoms with van der Waals surface area (Å²) in [5, 5.41) is 18.1. The molecule has 394 valence electrons. The molecule has 8 heterocycles. The molecule has 6 aromatic rings. The Balaban J connectivity index is 0.000000174. The molecule has 17 heteroatoms. The van der Waals surface area contributed by atoms with Gasteiger partial charge in [-0.05, 0) is 99.6 Å². The first kappa shape index (κ1) is 56.7. The highest BCUT2D eigenvalue weighted by atomic mass is 35.5. The van der Waals surface area contributed by atoms with Gasteiger partial charge in [0.25, 0.3) is 0 Å². The molecule has 0 aliphatic carbocycles. The van der Waals surface area contributed by atoms with Crippen molar-refractivity contribution < 1.29 is 24.0 Å². The third-order valence-electron chi connectivity index (χ3n) is 13.7. The third-order valence-corrected chi connectivity index (χ3v) is 14.2. The predicted octanol–water partition coefficient (Wildman–Crippen LogP) is 9.03. The van der Waals surface area contributed by atoms with Gasteiger partial charge in [0.05, 0.1) is 23.5 Å². The van der Waals surface area contributed by atoms with Gasteiger partial charge in [-0.3, -0.25) is 34.6 Å². The molecule has 0 amide bonds. The van der Waals surface area contributed by atoms with Crippen molar-refractivity contribution in [2.24, 2.45) is 0 Å². The topological polar surface area (TPSA) is 142 Å². The number of benzene rings is 2. The largest absolute Gasteiger partial charge is 0.488 e. The minimum absolute atomic E-state index is 0.00993. The molecule has 2 saturated heterocycles. The van der Waals surface area contributed by atoms with E-state index in [1.165, 1.54) is 11.1 Å². The van der Waals surface area contributed by atoms with Crippen LogP contribution in [0.3, 0.4) is 0 Å². The van der Waals surface area contributed by atoms with Gasteiger partial charge in [0.1, 0.15) is 24.7 Å². The van der Waals surface area contributed by atoms with Crippen LogP contribution in [0.5, 0.6) is 11.5 Å². The SMILES string of the molecule is CCC(CN1CCN(C2c3ccc(Cl)cc3OCc3cccnc32)C[C@@H]1CCOC)NB(C)O.COCC[C@H]1CN(C2c3ccc(Cl)cc3OCc3cccnc32)CCN1.Cc1cccnc1.Cc1cccnc1. The lowest BCUT2D eigenvalue weighted by Crippen LogP contribution is -2.58. The first-order valence-electron chi connectivity index (χ1n) is 25.9. The molecular weight excluding hydrogens is 972 g/mol. The zero-order chi connectivity index (χ0) is 52.2. The number of nitrogens with zero attached hydrogens (tertiary/aromatic N) is 7. The molecule has 2 aromatic carbocycles. The molecule has 74 heavy (non-hydrogen) atoms. The number of methoxy groups -OCH3 is 2. The first-order chi connectivity index (χ1) is 36.0. The monoisotopic (exact) mass is 1050 g/mol. The Morgan fingerprint density at radius 1 is 0.730 bits per heavy atom. The number of fused-ring (bicyclic) bond motifs is 4. The van der Waals surface area contributed by atoms with Gasteiger partial charge in [-0.15, -0.1) is 0 Å². The lowest BCUT2D eigenvalue weighted by Gasteiger charge is -2.45. The van der Waals surface area contributed by atoms with Crippen LogP contribution in [-0.4, -0.2) is 138 Å². The Morgan fingerprint density at radius 2 is 1.27 bits per heavy atom. The smallest absolute Gasteiger partial charge is 0.373 e. The number of nitrogens with one attached hydrogen (secondary N) is 2. The van der Waals surface area contributed by atoms with Gasteiger partial charge in [0.15, 0.2) is 0 Å². The normalized spacial score (nSPS) is 19.7. The average Bonchev–Trinajstić information content (AvgIpc) is 3.68. The summed E-state index contributed by atoms with van der Waals surface area (Å²) < 4.78 is 23.0. The average molecular weight is 1050 g/mol. The van der Waals surface area contributed by atoms with E-state index in [4.69, 9.17) is 52.1 Å². The van der Waals surface area contributed by atoms with Crippen molar-refractivity contribution in [1.82, 2.24) is 45.2 Å². The molecule has 3 unspecified atom stereocenters. The Morgan fingerprint density at radius 3 is 1.76 bits per heavy atom. The Kier molecular flexibility index (Phi) is 22.5. The number of rotatable bonds is 13. The fourth-order valence-corrected chi connectivity index (χ4v) is 10.3. The number of halogens is 2. The number of hydrogen-bond acceptors (Lipinski definition) is 14. The number of hydrogen-bond donors (Lipinski definition) is 3. The number of ether oxygens (including phenoxy) is 4. The quantitative estimate of drug-likeness (QED) is 0.0948. The standard InChI is InChI=1S/C25H36BClN4O3.C20H24ClN3O2.2C6H7N/c1-4-20(29-26(2)32)15-30-11-12-31(16-21(30)9-13-33-3)25-22-8-7-19(27)14-23(22)34-17-18-6-5-10-28-24(18)25;1-25-10-6-16-12-24(9-8-22-16)20-17-5-4-15(21)11-18(17)26-13-14-3-2-7-23-19(14)20;2*1-6-3-2-4-7-5-6/h5-8,10,14,20-21,25,29,32H,4,9,11-13,15-17H2,1-3H3;2-5,7,11,16,20,22H,6,8-10,12-13H2,1H3;2*2-5H,1H3/t20?,21-,25?;16-,20?;;/m00../s1. The highest BCUT2D eigenvalue weighted by Crippen LogP contribution is 2.42. The predicted molar refractivity (Wildman–Crippen MR) is 296 cm³/mol. The van der Waals surface area contributed by atoms with Crippen molar-refractivity contribution in [3.63, 3.8) is 0 Å². The van der Waals surface area contributed by atoms with E-state index in [9.17, 15) is 5.02 Å². The van der Waals surface area contributed by atoms with E-state index in [2.05, 4.69) is 66.4 Å². The fourth-order valence-electron chi connectivity index (χ4n) is 9.98. The van der Waals surface area contributed by atoms with E-state index < -0.39 is 7.05 Å². The molecule has 4 aromatic heterocycles. The minimum atomic E-state index is -0.513. The maximum Gasteiger partial charge on any atom is 0.373 e. The van der Waals surface area contributed by atoms with Gasteiger partial charge >= 0.3 is 7.05 Å². The van der Waals surface area contributed by atoms with Gasteiger partial charge < -0.3 is 34.5 Å². The zero-order valence-corrected chi connectivity index (χ0v) is 45.4. The van der Waals surface area contributed by atoms with Gasteiger partial charge in [-0.1, -0.05) is 66.5 Å². The van der Waals surface area contributed by atoms with Crippen LogP contribution in [0.25, 0.3) is 0 Å². The second-order valence-corrected chi connectivity index (χ2v) is 20.1. The maximum absolute atomic E-state index is 9.85. The molecule has 0 radical (unpaired) electrons. The molecule has 0 spiro atoms. The van der Waals surface area contributed by atoms with Gasteiger partial charge in [-0.2, -0.15) is 0 Å². The van der Waals surface area contributed by atoms with E-state index in [-0.39, 0.29) is 18.1 Å². The van der Waals surface area contributed by atoms with E-state index in [0.717, 1.165) is 117 Å². The van der Waals surface area contributed by atoms with Crippen LogP contribution in [0.2, 0.25) is 16.9 Å². The molecule has 10 rings (SSSR count). The van der Waals surface area contributed by atoms with E-state index in [1.807, 2.05) is 99.3 Å².